The molecule has 4 aliphatic rings. The third-order valence-electron chi connectivity index (χ3n) is 7.56. The second-order valence-corrected chi connectivity index (χ2v) is 9.56. The fourth-order valence-corrected chi connectivity index (χ4v) is 5.94. The highest BCUT2D eigenvalue weighted by Gasteiger charge is 2.52. The van der Waals surface area contributed by atoms with E-state index in [1.165, 1.54) is 17.2 Å². The van der Waals surface area contributed by atoms with Gasteiger partial charge in [0.25, 0.3) is 0 Å². The molecule has 6 rings (SSSR count). The zero-order valence-electron chi connectivity index (χ0n) is 18.1. The molecule has 3 aliphatic heterocycles. The second kappa shape index (κ2) is 7.23. The molecule has 1 spiro atoms. The van der Waals surface area contributed by atoms with E-state index in [9.17, 15) is 9.59 Å². The van der Waals surface area contributed by atoms with Crippen molar-refractivity contribution in [2.75, 3.05) is 6.61 Å². The van der Waals surface area contributed by atoms with Crippen LogP contribution in [0.5, 0.6) is 0 Å². The zero-order valence-corrected chi connectivity index (χ0v) is 18.1. The molecule has 1 saturated heterocycles. The van der Waals surface area contributed by atoms with Gasteiger partial charge in [-0.15, -0.1) is 5.10 Å². The summed E-state index contributed by atoms with van der Waals surface area (Å²) in [6.07, 6.45) is 6.06. The molecule has 9 nitrogen and oxygen atoms in total. The number of hydrogen-bond donors (Lipinski definition) is 1. The lowest BCUT2D eigenvalue weighted by atomic mass is 9.70. The predicted molar refractivity (Wildman–Crippen MR) is 114 cm³/mol. The van der Waals surface area contributed by atoms with Crippen molar-refractivity contribution in [2.24, 2.45) is 5.41 Å². The zero-order chi connectivity index (χ0) is 21.9. The van der Waals surface area contributed by atoms with Crippen LogP contribution in [0, 0.1) is 5.41 Å². The predicted octanol–water partition coefficient (Wildman–Crippen LogP) is 1.78. The van der Waals surface area contributed by atoms with E-state index in [1.54, 1.807) is 0 Å². The summed E-state index contributed by atoms with van der Waals surface area (Å²) in [5, 5.41) is 15.5. The van der Waals surface area contributed by atoms with Crippen LogP contribution < -0.4 is 5.32 Å². The minimum atomic E-state index is -0.349. The summed E-state index contributed by atoms with van der Waals surface area (Å²) < 4.78 is 6.86. The summed E-state index contributed by atoms with van der Waals surface area (Å²) >= 11 is 0. The number of ether oxygens (including phenoxy) is 1. The summed E-state index contributed by atoms with van der Waals surface area (Å²) in [7, 11) is 0. The summed E-state index contributed by atoms with van der Waals surface area (Å²) in [6, 6.07) is 6.99. The van der Waals surface area contributed by atoms with E-state index in [-0.39, 0.29) is 29.9 Å². The van der Waals surface area contributed by atoms with Gasteiger partial charge in [-0.3, -0.25) is 4.79 Å². The number of hydrogen-bond acceptors (Lipinski definition) is 7. The van der Waals surface area contributed by atoms with E-state index in [1.807, 2.05) is 9.58 Å². The number of nitrogens with zero attached hydrogens (tertiary/aromatic N) is 5. The Morgan fingerprint density at radius 3 is 2.88 bits per heavy atom. The number of cyclic esters (lactones) is 1. The van der Waals surface area contributed by atoms with E-state index in [0.717, 1.165) is 56.6 Å². The Morgan fingerprint density at radius 2 is 2.09 bits per heavy atom. The lowest BCUT2D eigenvalue weighted by molar-refractivity contribution is -0.138. The fourth-order valence-electron chi connectivity index (χ4n) is 5.94. The van der Waals surface area contributed by atoms with Crippen molar-refractivity contribution in [3.05, 3.63) is 41.1 Å². The Labute approximate surface area is 185 Å². The monoisotopic (exact) mass is 434 g/mol. The maximum absolute atomic E-state index is 13.3. The highest BCUT2D eigenvalue weighted by Crippen LogP contribution is 2.48. The number of benzene rings is 1. The molecule has 1 aromatic carbocycles. The van der Waals surface area contributed by atoms with Crippen molar-refractivity contribution in [1.82, 2.24) is 30.4 Å². The first-order valence-electron chi connectivity index (χ1n) is 11.4. The van der Waals surface area contributed by atoms with E-state index < -0.39 is 0 Å². The molecule has 2 aromatic rings. The second-order valence-electron chi connectivity index (χ2n) is 9.56. The van der Waals surface area contributed by atoms with E-state index in [0.29, 0.717) is 11.7 Å². The molecule has 0 bridgehead atoms. The molecule has 1 aliphatic carbocycles. The van der Waals surface area contributed by atoms with Crippen LogP contribution in [0.15, 0.2) is 30.0 Å². The van der Waals surface area contributed by atoms with Crippen molar-refractivity contribution in [1.29, 1.82) is 0 Å². The molecule has 1 aromatic heterocycles. The molecule has 9 heteroatoms. The van der Waals surface area contributed by atoms with Crippen molar-refractivity contribution in [3.63, 3.8) is 0 Å². The molecule has 4 heterocycles. The molecule has 1 saturated carbocycles. The molecule has 0 unspecified atom stereocenters. The number of tetrazole rings is 1. The lowest BCUT2D eigenvalue weighted by Crippen LogP contribution is -2.42. The van der Waals surface area contributed by atoms with Crippen LogP contribution in [0.25, 0.3) is 11.4 Å². The first-order chi connectivity index (χ1) is 15.5. The van der Waals surface area contributed by atoms with Gasteiger partial charge in [0, 0.05) is 30.3 Å². The Balaban J connectivity index is 1.07. The number of amides is 1. The molecule has 2 fully saturated rings. The standard InChI is InChI=1S/C23H26N6O3/c1-14-10-23(22(31)29(14)18-9-20(30)32-13-18)6-4-17(5-7-23)24-11-15-2-3-19-16(8-15)12-28-21(19)25-26-27-28/h2-3,8-9,14,17,24H,4-7,10-13H2,1H3/t14-,17-,23-/m1/s1. The SMILES string of the molecule is C[C@@H]1C[C@]2(CC[C@@H](NCc3ccc4c(c3)Cn3nnnc3-4)CC2)C(=O)N1C1=CC(=O)OC1. The van der Waals surface area contributed by atoms with Crippen LogP contribution in [0.2, 0.25) is 0 Å². The van der Waals surface area contributed by atoms with E-state index >= 15 is 0 Å². The summed E-state index contributed by atoms with van der Waals surface area (Å²) in [5.41, 5.74) is 4.02. The minimum Gasteiger partial charge on any atom is -0.456 e. The van der Waals surface area contributed by atoms with Crippen molar-refractivity contribution >= 4 is 11.9 Å². The number of carbonyl (C=O) groups excluding carboxylic acids is 2. The number of esters is 1. The van der Waals surface area contributed by atoms with Crippen LogP contribution in [-0.4, -0.2) is 55.7 Å². The molecule has 0 radical (unpaired) electrons. The quantitative estimate of drug-likeness (QED) is 0.625. The summed E-state index contributed by atoms with van der Waals surface area (Å²) in [4.78, 5) is 26.6. The maximum atomic E-state index is 13.3. The Hall–Kier alpha value is -3.07. The van der Waals surface area contributed by atoms with Crippen LogP contribution in [0.1, 0.15) is 50.2 Å². The lowest BCUT2D eigenvalue weighted by Gasteiger charge is -2.36. The molecule has 1 amide bonds. The summed E-state index contributed by atoms with van der Waals surface area (Å²) in [5.74, 6) is 0.663. The number of carbonyl (C=O) groups is 2. The van der Waals surface area contributed by atoms with Crippen LogP contribution in [0.3, 0.4) is 0 Å². The van der Waals surface area contributed by atoms with Gasteiger partial charge in [-0.1, -0.05) is 18.2 Å². The van der Waals surface area contributed by atoms with Crippen LogP contribution in [-0.2, 0) is 27.4 Å². The van der Waals surface area contributed by atoms with Crippen molar-refractivity contribution < 1.29 is 14.3 Å². The highest BCUT2D eigenvalue weighted by molar-refractivity contribution is 5.91. The van der Waals surface area contributed by atoms with Gasteiger partial charge in [0.1, 0.15) is 6.61 Å². The van der Waals surface area contributed by atoms with Gasteiger partial charge in [0.15, 0.2) is 5.82 Å². The van der Waals surface area contributed by atoms with Gasteiger partial charge >= 0.3 is 5.97 Å². The molecule has 166 valence electrons. The van der Waals surface area contributed by atoms with Crippen molar-refractivity contribution in [2.45, 2.75) is 64.2 Å². The topological polar surface area (TPSA) is 102 Å². The van der Waals surface area contributed by atoms with Gasteiger partial charge in [-0.05, 0) is 60.6 Å². The fraction of sp³-hybridized carbons (Fsp3) is 0.522. The smallest absolute Gasteiger partial charge is 0.333 e. The first-order valence-corrected chi connectivity index (χ1v) is 11.4. The Morgan fingerprint density at radius 1 is 1.25 bits per heavy atom. The third kappa shape index (κ3) is 3.06. The minimum absolute atomic E-state index is 0.110. The van der Waals surface area contributed by atoms with Gasteiger partial charge in [-0.2, -0.15) is 0 Å². The molecular formula is C23H26N6O3. The van der Waals surface area contributed by atoms with E-state index in [2.05, 4.69) is 46.0 Å². The van der Waals surface area contributed by atoms with Gasteiger partial charge in [0.2, 0.25) is 5.91 Å². The molecular weight excluding hydrogens is 408 g/mol. The third-order valence-corrected chi connectivity index (χ3v) is 7.56. The average Bonchev–Trinajstić information content (AvgIpc) is 3.52. The van der Waals surface area contributed by atoms with Gasteiger partial charge in [0.05, 0.1) is 17.7 Å². The molecule has 1 atom stereocenters. The molecule has 1 N–H and O–H groups in total. The van der Waals surface area contributed by atoms with Crippen LogP contribution >= 0.6 is 0 Å². The first kappa shape index (κ1) is 19.6. The van der Waals surface area contributed by atoms with E-state index in [4.69, 9.17) is 4.74 Å². The number of nitrogens with one attached hydrogen (secondary N) is 1. The number of rotatable bonds is 4. The highest BCUT2D eigenvalue weighted by atomic mass is 16.5. The Bertz CT molecular complexity index is 1130. The number of aromatic nitrogens is 4. The number of likely N-dealkylation sites (tertiary alicyclic amines) is 1. The Kier molecular flexibility index (Phi) is 4.43. The maximum Gasteiger partial charge on any atom is 0.333 e. The van der Waals surface area contributed by atoms with Gasteiger partial charge in [-0.25, -0.2) is 9.48 Å². The largest absolute Gasteiger partial charge is 0.456 e. The summed E-state index contributed by atoms with van der Waals surface area (Å²) in [6.45, 7) is 3.82. The average molecular weight is 435 g/mol. The number of fused-ring (bicyclic) bond motifs is 3. The van der Waals surface area contributed by atoms with Gasteiger partial charge < -0.3 is 15.0 Å². The molecule has 32 heavy (non-hydrogen) atoms. The normalized spacial score (nSPS) is 28.8. The van der Waals surface area contributed by atoms with Crippen LogP contribution in [0.4, 0.5) is 0 Å². The van der Waals surface area contributed by atoms with Crippen molar-refractivity contribution in [3.8, 4) is 11.4 Å².